The summed E-state index contributed by atoms with van der Waals surface area (Å²) in [4.78, 5) is 0. The van der Waals surface area contributed by atoms with Crippen LogP contribution in [0.5, 0.6) is 0 Å². The average Bonchev–Trinajstić information content (AvgIpc) is 3.61. The molecule has 2 aliphatic carbocycles. The predicted octanol–water partition coefficient (Wildman–Crippen LogP) is 15.1. The molecule has 8 aromatic rings. The molecule has 57 heavy (non-hydrogen) atoms. The molecule has 0 bridgehead atoms. The summed E-state index contributed by atoms with van der Waals surface area (Å²) in [7, 11) is 0. The first kappa shape index (κ1) is 37.7. The Balaban J connectivity index is 0.000000132. The maximum absolute atomic E-state index is 5.60. The molecule has 0 spiro atoms. The number of nitrogens with one attached hydrogen (secondary N) is 1. The second-order valence-corrected chi connectivity index (χ2v) is 16.8. The van der Waals surface area contributed by atoms with Crippen molar-refractivity contribution in [3.8, 4) is 44.5 Å². The van der Waals surface area contributed by atoms with Crippen LogP contribution in [0.3, 0.4) is 0 Å². The predicted molar refractivity (Wildman–Crippen MR) is 247 cm³/mol. The van der Waals surface area contributed by atoms with Crippen LogP contribution < -0.4 is 11.1 Å². The van der Waals surface area contributed by atoms with Crippen LogP contribution in [0, 0.1) is 0 Å². The molecule has 8 aromatic carbocycles. The van der Waals surface area contributed by atoms with Crippen molar-refractivity contribution in [1.29, 1.82) is 0 Å². The van der Waals surface area contributed by atoms with Gasteiger partial charge < -0.3 is 11.1 Å². The lowest BCUT2D eigenvalue weighted by molar-refractivity contribution is 0.660. The lowest BCUT2D eigenvalue weighted by Gasteiger charge is -2.22. The van der Waals surface area contributed by atoms with Gasteiger partial charge in [0.1, 0.15) is 0 Å². The van der Waals surface area contributed by atoms with Crippen LogP contribution in [0.15, 0.2) is 199 Å². The molecule has 0 heterocycles. The van der Waals surface area contributed by atoms with Gasteiger partial charge in [-0.05, 0) is 115 Å². The van der Waals surface area contributed by atoms with Crippen LogP contribution >= 0.6 is 15.9 Å². The number of rotatable bonds is 4. The SMILES string of the molecule is CC1(C)c2ccccc2-c2ccc(Br)cc21.CC1(C)c2ccccc2-c2ccc(Nc3ccc(-c4ccccc4)cc3)cc21.Nc1ccc(-c2ccccc2)cc1. The second kappa shape index (κ2) is 15.8. The summed E-state index contributed by atoms with van der Waals surface area (Å²) in [5.41, 5.74) is 24.8. The van der Waals surface area contributed by atoms with E-state index in [0.29, 0.717) is 0 Å². The highest BCUT2D eigenvalue weighted by Gasteiger charge is 2.36. The summed E-state index contributed by atoms with van der Waals surface area (Å²) in [6.07, 6.45) is 0. The number of halogens is 1. The highest BCUT2D eigenvalue weighted by atomic mass is 79.9. The molecule has 0 radical (unpaired) electrons. The fourth-order valence-corrected chi connectivity index (χ4v) is 8.67. The zero-order valence-corrected chi connectivity index (χ0v) is 34.5. The first-order valence-corrected chi connectivity index (χ1v) is 20.4. The van der Waals surface area contributed by atoms with E-state index in [1.807, 2.05) is 48.5 Å². The van der Waals surface area contributed by atoms with Crippen molar-refractivity contribution in [1.82, 2.24) is 0 Å². The molecule has 0 saturated heterocycles. The van der Waals surface area contributed by atoms with E-state index >= 15 is 0 Å². The topological polar surface area (TPSA) is 38.0 Å². The molecule has 2 nitrogen and oxygen atoms in total. The lowest BCUT2D eigenvalue weighted by atomic mass is 9.82. The van der Waals surface area contributed by atoms with Crippen LogP contribution in [-0.4, -0.2) is 0 Å². The highest BCUT2D eigenvalue weighted by Crippen LogP contribution is 2.50. The van der Waals surface area contributed by atoms with Gasteiger partial charge in [0.05, 0.1) is 0 Å². The molecular formula is C54H47BrN2. The van der Waals surface area contributed by atoms with Gasteiger partial charge in [-0.3, -0.25) is 0 Å². The van der Waals surface area contributed by atoms with Crippen LogP contribution in [0.4, 0.5) is 17.1 Å². The lowest BCUT2D eigenvalue weighted by Crippen LogP contribution is -2.15. The standard InChI is InChI=1S/C27H23N.C15H13Br.C12H11N/c1-27(2)25-11-7-6-10-23(25)24-17-16-22(18-26(24)27)28-21-14-12-20(13-15-21)19-8-4-3-5-9-19;1-15(2)13-6-4-3-5-11(13)12-8-7-10(16)9-14(12)15;13-12-8-6-11(7-9-12)10-4-2-1-3-5-10/h3-18,28H,1-2H3;3-9H,1-2H3;1-9H,13H2. The largest absolute Gasteiger partial charge is 0.399 e. The van der Waals surface area contributed by atoms with Crippen molar-refractivity contribution in [2.24, 2.45) is 0 Å². The van der Waals surface area contributed by atoms with E-state index < -0.39 is 0 Å². The number of nitrogen functional groups attached to an aromatic ring is 1. The number of hydrogen-bond acceptors (Lipinski definition) is 2. The van der Waals surface area contributed by atoms with Gasteiger partial charge in [-0.15, -0.1) is 0 Å². The Morgan fingerprint density at radius 3 is 1.28 bits per heavy atom. The van der Waals surface area contributed by atoms with Gasteiger partial charge in [0.15, 0.2) is 0 Å². The first-order valence-electron chi connectivity index (χ1n) is 19.6. The van der Waals surface area contributed by atoms with Gasteiger partial charge >= 0.3 is 0 Å². The van der Waals surface area contributed by atoms with E-state index in [1.54, 1.807) is 0 Å². The van der Waals surface area contributed by atoms with E-state index in [-0.39, 0.29) is 10.8 Å². The molecule has 0 atom stereocenters. The van der Waals surface area contributed by atoms with E-state index in [0.717, 1.165) is 21.5 Å². The summed E-state index contributed by atoms with van der Waals surface area (Å²) in [6, 6.07) is 68.1. The summed E-state index contributed by atoms with van der Waals surface area (Å²) in [6.45, 7) is 9.22. The van der Waals surface area contributed by atoms with E-state index in [4.69, 9.17) is 5.73 Å². The zero-order valence-electron chi connectivity index (χ0n) is 32.9. The summed E-state index contributed by atoms with van der Waals surface area (Å²) >= 11 is 3.56. The normalized spacial score (nSPS) is 13.4. The molecule has 0 fully saturated rings. The summed E-state index contributed by atoms with van der Waals surface area (Å²) in [5.74, 6) is 0. The van der Waals surface area contributed by atoms with Gasteiger partial charge in [0, 0.05) is 32.4 Å². The van der Waals surface area contributed by atoms with Crippen LogP contribution in [0.2, 0.25) is 0 Å². The molecule has 3 N–H and O–H groups in total. The zero-order chi connectivity index (χ0) is 39.6. The molecule has 3 heteroatoms. The summed E-state index contributed by atoms with van der Waals surface area (Å²) < 4.78 is 1.16. The Kier molecular flexibility index (Phi) is 10.4. The molecular weight excluding hydrogens is 757 g/mol. The van der Waals surface area contributed by atoms with Gasteiger partial charge in [0.2, 0.25) is 0 Å². The maximum atomic E-state index is 5.60. The monoisotopic (exact) mass is 802 g/mol. The van der Waals surface area contributed by atoms with Crippen molar-refractivity contribution < 1.29 is 0 Å². The third-order valence-corrected chi connectivity index (χ3v) is 11.9. The van der Waals surface area contributed by atoms with Crippen LogP contribution in [-0.2, 0) is 10.8 Å². The molecule has 0 unspecified atom stereocenters. The quantitative estimate of drug-likeness (QED) is 0.174. The maximum Gasteiger partial charge on any atom is 0.0387 e. The number of benzene rings is 8. The number of hydrogen-bond donors (Lipinski definition) is 2. The number of anilines is 3. The van der Waals surface area contributed by atoms with Gasteiger partial charge in [-0.2, -0.15) is 0 Å². The molecule has 0 saturated carbocycles. The van der Waals surface area contributed by atoms with Crippen molar-refractivity contribution in [2.75, 3.05) is 11.1 Å². The Morgan fingerprint density at radius 1 is 0.368 bits per heavy atom. The van der Waals surface area contributed by atoms with Crippen LogP contribution in [0.1, 0.15) is 49.9 Å². The molecule has 0 amide bonds. The Morgan fingerprint density at radius 2 is 0.754 bits per heavy atom. The molecule has 0 aromatic heterocycles. The molecule has 280 valence electrons. The highest BCUT2D eigenvalue weighted by molar-refractivity contribution is 9.10. The third kappa shape index (κ3) is 7.68. The van der Waals surface area contributed by atoms with E-state index in [1.165, 1.54) is 66.8 Å². The fraction of sp³-hybridized carbons (Fsp3) is 0.111. The fourth-order valence-electron chi connectivity index (χ4n) is 8.31. The van der Waals surface area contributed by atoms with Crippen molar-refractivity contribution >= 4 is 33.0 Å². The summed E-state index contributed by atoms with van der Waals surface area (Å²) in [5, 5.41) is 3.58. The van der Waals surface area contributed by atoms with Crippen molar-refractivity contribution in [3.63, 3.8) is 0 Å². The van der Waals surface area contributed by atoms with E-state index in [2.05, 4.69) is 195 Å². The minimum atomic E-state index is 0.0286. The van der Waals surface area contributed by atoms with Gasteiger partial charge in [-0.1, -0.05) is 189 Å². The smallest absolute Gasteiger partial charge is 0.0387 e. The molecule has 0 aliphatic heterocycles. The van der Waals surface area contributed by atoms with Gasteiger partial charge in [-0.25, -0.2) is 0 Å². The minimum absolute atomic E-state index is 0.0286. The average molecular weight is 804 g/mol. The molecule has 2 aliphatic rings. The van der Waals surface area contributed by atoms with E-state index in [9.17, 15) is 0 Å². The second-order valence-electron chi connectivity index (χ2n) is 15.8. The number of nitrogens with two attached hydrogens (primary N) is 1. The first-order chi connectivity index (χ1) is 27.6. The van der Waals surface area contributed by atoms with Crippen LogP contribution in [0.25, 0.3) is 44.5 Å². The minimum Gasteiger partial charge on any atom is -0.399 e. The Labute approximate surface area is 346 Å². The Hall–Kier alpha value is -6.16. The number of fused-ring (bicyclic) bond motifs is 6. The third-order valence-electron chi connectivity index (χ3n) is 11.4. The van der Waals surface area contributed by atoms with Crippen molar-refractivity contribution in [2.45, 2.75) is 38.5 Å². The van der Waals surface area contributed by atoms with Crippen molar-refractivity contribution in [3.05, 3.63) is 221 Å². The van der Waals surface area contributed by atoms with Gasteiger partial charge in [0.25, 0.3) is 0 Å². The Bertz CT molecular complexity index is 2640. The molecule has 10 rings (SSSR count).